The quantitative estimate of drug-likeness (QED) is 0.600. The standard InChI is InChI=1S/C19H18N2O4S2/c1-12-16(7-4-8-17(12)22)13-9-18(26-11-13)19(23)20-14-5-3-6-15(10-14)21-27(2,24)25/h3-11,21-22H,1-2H3,(H,20,23). The lowest BCUT2D eigenvalue weighted by atomic mass is 10.0. The van der Waals surface area contributed by atoms with Gasteiger partial charge in [-0.2, -0.15) is 0 Å². The molecule has 0 radical (unpaired) electrons. The van der Waals surface area contributed by atoms with Gasteiger partial charge in [-0.05, 0) is 59.3 Å². The number of phenolic OH excluding ortho intramolecular Hbond substituents is 1. The normalized spacial score (nSPS) is 11.2. The summed E-state index contributed by atoms with van der Waals surface area (Å²) in [7, 11) is -3.39. The molecule has 0 fully saturated rings. The molecule has 2 aromatic carbocycles. The number of carbonyl (C=O) groups excluding carboxylic acids is 1. The van der Waals surface area contributed by atoms with Gasteiger partial charge in [0.2, 0.25) is 10.0 Å². The zero-order valence-electron chi connectivity index (χ0n) is 14.7. The third kappa shape index (κ3) is 4.66. The van der Waals surface area contributed by atoms with E-state index in [1.807, 2.05) is 18.4 Å². The lowest BCUT2D eigenvalue weighted by Crippen LogP contribution is -2.12. The first-order chi connectivity index (χ1) is 12.7. The minimum Gasteiger partial charge on any atom is -0.508 e. The summed E-state index contributed by atoms with van der Waals surface area (Å²) >= 11 is 1.30. The maximum absolute atomic E-state index is 12.5. The predicted molar refractivity (Wildman–Crippen MR) is 109 cm³/mol. The fourth-order valence-electron chi connectivity index (χ4n) is 2.60. The highest BCUT2D eigenvalue weighted by atomic mass is 32.2. The van der Waals surface area contributed by atoms with Gasteiger partial charge < -0.3 is 10.4 Å². The van der Waals surface area contributed by atoms with Crippen LogP contribution in [0.2, 0.25) is 0 Å². The molecule has 3 rings (SSSR count). The van der Waals surface area contributed by atoms with Crippen molar-refractivity contribution in [2.45, 2.75) is 6.92 Å². The predicted octanol–water partition coefficient (Wildman–Crippen LogP) is 4.05. The third-order valence-corrected chi connectivity index (χ3v) is 5.40. The van der Waals surface area contributed by atoms with Crippen molar-refractivity contribution < 1.29 is 18.3 Å². The molecule has 1 heterocycles. The van der Waals surface area contributed by atoms with E-state index >= 15 is 0 Å². The van der Waals surface area contributed by atoms with E-state index in [1.165, 1.54) is 11.3 Å². The number of carbonyl (C=O) groups is 1. The Hall–Kier alpha value is -2.84. The number of aromatic hydroxyl groups is 1. The van der Waals surface area contributed by atoms with Crippen molar-refractivity contribution in [2.24, 2.45) is 0 Å². The number of thiophene rings is 1. The molecular weight excluding hydrogens is 384 g/mol. The molecule has 0 unspecified atom stereocenters. The molecule has 6 nitrogen and oxygen atoms in total. The number of sulfonamides is 1. The minimum atomic E-state index is -3.39. The fraction of sp³-hybridized carbons (Fsp3) is 0.105. The van der Waals surface area contributed by atoms with Crippen LogP contribution in [0.15, 0.2) is 53.9 Å². The Bertz CT molecular complexity index is 1100. The van der Waals surface area contributed by atoms with Crippen molar-refractivity contribution in [3.05, 3.63) is 64.4 Å². The number of rotatable bonds is 5. The summed E-state index contributed by atoms with van der Waals surface area (Å²) in [5, 5.41) is 14.5. The summed E-state index contributed by atoms with van der Waals surface area (Å²) < 4.78 is 25.0. The molecule has 0 saturated carbocycles. The molecule has 8 heteroatoms. The van der Waals surface area contributed by atoms with Gasteiger partial charge in [0.15, 0.2) is 0 Å². The molecule has 0 aliphatic heterocycles. The molecule has 1 aromatic heterocycles. The molecule has 3 aromatic rings. The molecule has 0 aliphatic carbocycles. The van der Waals surface area contributed by atoms with Crippen molar-refractivity contribution in [1.82, 2.24) is 0 Å². The Balaban J connectivity index is 1.79. The highest BCUT2D eigenvalue weighted by Gasteiger charge is 2.13. The summed E-state index contributed by atoms with van der Waals surface area (Å²) in [5.41, 5.74) is 3.33. The van der Waals surface area contributed by atoms with Gasteiger partial charge >= 0.3 is 0 Å². The summed E-state index contributed by atoms with van der Waals surface area (Å²) in [6.07, 6.45) is 1.06. The van der Waals surface area contributed by atoms with E-state index in [1.54, 1.807) is 42.5 Å². The summed E-state index contributed by atoms with van der Waals surface area (Å²) in [6, 6.07) is 13.5. The number of phenols is 1. The van der Waals surface area contributed by atoms with Crippen LogP contribution in [-0.4, -0.2) is 25.7 Å². The molecule has 0 saturated heterocycles. The van der Waals surface area contributed by atoms with E-state index in [0.29, 0.717) is 16.3 Å². The number of hydrogen-bond acceptors (Lipinski definition) is 5. The maximum Gasteiger partial charge on any atom is 0.265 e. The van der Waals surface area contributed by atoms with E-state index in [-0.39, 0.29) is 11.7 Å². The molecule has 140 valence electrons. The average Bonchev–Trinajstić information content (AvgIpc) is 3.06. The second-order valence-electron chi connectivity index (χ2n) is 6.06. The van der Waals surface area contributed by atoms with Gasteiger partial charge in [0.25, 0.3) is 5.91 Å². The zero-order chi connectivity index (χ0) is 19.6. The first kappa shape index (κ1) is 18.9. The Labute approximate surface area is 161 Å². The van der Waals surface area contributed by atoms with Gasteiger partial charge in [-0.3, -0.25) is 9.52 Å². The summed E-state index contributed by atoms with van der Waals surface area (Å²) in [5.74, 6) is -0.0829. The third-order valence-electron chi connectivity index (χ3n) is 3.86. The lowest BCUT2D eigenvalue weighted by molar-refractivity contribution is 0.103. The van der Waals surface area contributed by atoms with Crippen molar-refractivity contribution in [3.8, 4) is 16.9 Å². The number of amides is 1. The van der Waals surface area contributed by atoms with Crippen molar-refractivity contribution >= 4 is 38.6 Å². The Morgan fingerprint density at radius 1 is 1.07 bits per heavy atom. The highest BCUT2D eigenvalue weighted by molar-refractivity contribution is 7.92. The summed E-state index contributed by atoms with van der Waals surface area (Å²) in [6.45, 7) is 1.82. The van der Waals surface area contributed by atoms with Crippen molar-refractivity contribution in [3.63, 3.8) is 0 Å². The van der Waals surface area contributed by atoms with E-state index in [9.17, 15) is 18.3 Å². The second kappa shape index (κ2) is 7.42. The molecule has 3 N–H and O–H groups in total. The van der Waals surface area contributed by atoms with Crippen LogP contribution >= 0.6 is 11.3 Å². The van der Waals surface area contributed by atoms with Crippen LogP contribution in [0.5, 0.6) is 5.75 Å². The van der Waals surface area contributed by atoms with Gasteiger partial charge in [-0.1, -0.05) is 18.2 Å². The van der Waals surface area contributed by atoms with Crippen LogP contribution < -0.4 is 10.0 Å². The monoisotopic (exact) mass is 402 g/mol. The highest BCUT2D eigenvalue weighted by Crippen LogP contribution is 2.32. The molecule has 27 heavy (non-hydrogen) atoms. The molecule has 0 bridgehead atoms. The minimum absolute atomic E-state index is 0.208. The molecular formula is C19H18N2O4S2. The van der Waals surface area contributed by atoms with Gasteiger partial charge in [0.05, 0.1) is 16.8 Å². The van der Waals surface area contributed by atoms with Crippen LogP contribution in [0.1, 0.15) is 15.2 Å². The van der Waals surface area contributed by atoms with Crippen molar-refractivity contribution in [1.29, 1.82) is 0 Å². The van der Waals surface area contributed by atoms with Gasteiger partial charge in [0.1, 0.15) is 5.75 Å². The lowest BCUT2D eigenvalue weighted by Gasteiger charge is -2.07. The second-order valence-corrected chi connectivity index (χ2v) is 8.72. The first-order valence-corrected chi connectivity index (χ1v) is 10.8. The van der Waals surface area contributed by atoms with Crippen LogP contribution in [0, 0.1) is 6.92 Å². The smallest absolute Gasteiger partial charge is 0.265 e. The van der Waals surface area contributed by atoms with Crippen LogP contribution in [-0.2, 0) is 10.0 Å². The van der Waals surface area contributed by atoms with E-state index in [4.69, 9.17) is 0 Å². The maximum atomic E-state index is 12.5. The van der Waals surface area contributed by atoms with Crippen LogP contribution in [0.4, 0.5) is 11.4 Å². The van der Waals surface area contributed by atoms with E-state index in [0.717, 1.165) is 22.9 Å². The molecule has 0 aliphatic rings. The SMILES string of the molecule is Cc1c(O)cccc1-c1csc(C(=O)Nc2cccc(NS(C)(=O)=O)c2)c1. The topological polar surface area (TPSA) is 95.5 Å². The number of benzene rings is 2. The molecule has 0 atom stereocenters. The Morgan fingerprint density at radius 2 is 1.78 bits per heavy atom. The summed E-state index contributed by atoms with van der Waals surface area (Å²) in [4.78, 5) is 13.0. The van der Waals surface area contributed by atoms with Gasteiger partial charge in [-0.25, -0.2) is 8.42 Å². The first-order valence-electron chi connectivity index (χ1n) is 7.99. The Kier molecular flexibility index (Phi) is 5.20. The van der Waals surface area contributed by atoms with Gasteiger partial charge in [-0.15, -0.1) is 11.3 Å². The number of hydrogen-bond donors (Lipinski definition) is 3. The van der Waals surface area contributed by atoms with Crippen LogP contribution in [0.25, 0.3) is 11.1 Å². The van der Waals surface area contributed by atoms with Gasteiger partial charge in [0, 0.05) is 5.69 Å². The van der Waals surface area contributed by atoms with Crippen molar-refractivity contribution in [2.75, 3.05) is 16.3 Å². The zero-order valence-corrected chi connectivity index (χ0v) is 16.3. The number of anilines is 2. The van der Waals surface area contributed by atoms with E-state index in [2.05, 4.69) is 10.0 Å². The number of nitrogens with one attached hydrogen (secondary N) is 2. The molecule has 1 amide bonds. The van der Waals surface area contributed by atoms with E-state index < -0.39 is 10.0 Å². The molecule has 0 spiro atoms. The Morgan fingerprint density at radius 3 is 2.52 bits per heavy atom. The largest absolute Gasteiger partial charge is 0.508 e. The average molecular weight is 402 g/mol. The van der Waals surface area contributed by atoms with Crippen LogP contribution in [0.3, 0.4) is 0 Å². The fourth-order valence-corrected chi connectivity index (χ4v) is 3.96.